The van der Waals surface area contributed by atoms with Gasteiger partial charge in [-0.1, -0.05) is 31.9 Å². The van der Waals surface area contributed by atoms with E-state index in [1.54, 1.807) is 24.3 Å². The normalized spacial score (nSPS) is 12.7. The highest BCUT2D eigenvalue weighted by Gasteiger charge is 2.34. The second-order valence-electron chi connectivity index (χ2n) is 12.0. The first-order chi connectivity index (χ1) is 27.3. The maximum Gasteiger partial charge on any atom is 0.261 e. The van der Waals surface area contributed by atoms with Crippen LogP contribution in [0.15, 0.2) is 24.3 Å². The number of amides is 2. The van der Waals surface area contributed by atoms with Crippen LogP contribution >= 0.6 is 0 Å². The molecule has 1 aliphatic rings. The van der Waals surface area contributed by atoms with Gasteiger partial charge < -0.3 is 61.6 Å². The van der Waals surface area contributed by atoms with Gasteiger partial charge >= 0.3 is 0 Å². The van der Waals surface area contributed by atoms with Gasteiger partial charge in [0.1, 0.15) is 0 Å². The van der Waals surface area contributed by atoms with Crippen LogP contribution in [0.2, 0.25) is 0 Å². The molecule has 1 heterocycles. The van der Waals surface area contributed by atoms with Crippen LogP contribution in [-0.2, 0) is 61.6 Å². The SMILES string of the molecule is CCCCCOCCOCCOCCOCCOCCOCCOCCOCCOCCOCCOCCOCCOCCN1C(=O)c2ccccc2C1=O. The monoisotopic (exact) mass is 789 g/mol. The quantitative estimate of drug-likeness (QED) is 0.0703. The first kappa shape index (κ1) is 49.0. The predicted molar refractivity (Wildman–Crippen MR) is 202 cm³/mol. The smallest absolute Gasteiger partial charge is 0.261 e. The standard InChI is InChI=1S/C39H67NO15/c1-2-3-6-10-43-12-14-45-16-18-47-20-22-49-24-26-51-28-30-53-32-34-55-35-33-54-31-29-52-27-25-50-23-21-48-19-17-46-15-13-44-11-9-40-38(41)36-7-4-5-8-37(36)39(40)42/h4-5,7-8H,2-3,6,9-35H2,1H3. The third-order valence-electron chi connectivity index (χ3n) is 7.69. The molecule has 1 aromatic rings. The van der Waals surface area contributed by atoms with E-state index in [2.05, 4.69) is 6.92 Å². The molecule has 0 aromatic heterocycles. The minimum Gasteiger partial charge on any atom is -0.379 e. The Bertz CT molecular complexity index is 1000. The lowest BCUT2D eigenvalue weighted by molar-refractivity contribution is -0.0291. The van der Waals surface area contributed by atoms with E-state index in [9.17, 15) is 9.59 Å². The summed E-state index contributed by atoms with van der Waals surface area (Å²) >= 11 is 0. The number of carbonyl (C=O) groups is 2. The maximum absolute atomic E-state index is 12.3. The molecule has 0 N–H and O–H groups in total. The molecule has 0 bridgehead atoms. The summed E-state index contributed by atoms with van der Waals surface area (Å²) in [7, 11) is 0. The second kappa shape index (κ2) is 37.4. The molecule has 0 saturated heterocycles. The lowest BCUT2D eigenvalue weighted by Gasteiger charge is -2.13. The summed E-state index contributed by atoms with van der Waals surface area (Å²) in [6.07, 6.45) is 3.53. The molecule has 2 rings (SSSR count). The molecule has 1 aromatic carbocycles. The Balaban J connectivity index is 1.14. The van der Waals surface area contributed by atoms with Gasteiger partial charge in [-0.05, 0) is 18.6 Å². The molecular formula is C39H67NO15. The van der Waals surface area contributed by atoms with Gasteiger partial charge in [0.2, 0.25) is 0 Å². The van der Waals surface area contributed by atoms with Gasteiger partial charge in [-0.15, -0.1) is 0 Å². The minimum absolute atomic E-state index is 0.213. The maximum atomic E-state index is 12.3. The molecule has 1 aliphatic heterocycles. The van der Waals surface area contributed by atoms with Crippen molar-refractivity contribution >= 4 is 11.8 Å². The average molecular weight is 790 g/mol. The average Bonchev–Trinajstić information content (AvgIpc) is 3.44. The third-order valence-corrected chi connectivity index (χ3v) is 7.69. The van der Waals surface area contributed by atoms with Crippen molar-refractivity contribution in [3.8, 4) is 0 Å². The lowest BCUT2D eigenvalue weighted by atomic mass is 10.1. The number of carbonyl (C=O) groups excluding carboxylic acids is 2. The van der Waals surface area contributed by atoms with Crippen LogP contribution in [0.1, 0.15) is 46.9 Å². The molecule has 16 heteroatoms. The molecule has 0 radical (unpaired) electrons. The molecule has 318 valence electrons. The van der Waals surface area contributed by atoms with E-state index in [0.29, 0.717) is 170 Å². The zero-order valence-corrected chi connectivity index (χ0v) is 33.1. The van der Waals surface area contributed by atoms with Crippen molar-refractivity contribution in [3.05, 3.63) is 35.4 Å². The molecule has 2 amide bonds. The molecule has 0 atom stereocenters. The summed E-state index contributed by atoms with van der Waals surface area (Å²) in [5, 5.41) is 0. The first-order valence-electron chi connectivity index (χ1n) is 19.7. The van der Waals surface area contributed by atoms with Crippen molar-refractivity contribution in [3.63, 3.8) is 0 Å². The fourth-order valence-corrected chi connectivity index (χ4v) is 4.79. The van der Waals surface area contributed by atoms with E-state index < -0.39 is 0 Å². The zero-order chi connectivity index (χ0) is 39.1. The van der Waals surface area contributed by atoms with E-state index in [1.807, 2.05) is 0 Å². The van der Waals surface area contributed by atoms with Crippen molar-refractivity contribution in [1.82, 2.24) is 4.90 Å². The van der Waals surface area contributed by atoms with Crippen LogP contribution in [0, 0.1) is 0 Å². The number of imide groups is 1. The third kappa shape index (κ3) is 27.2. The van der Waals surface area contributed by atoms with E-state index in [4.69, 9.17) is 61.6 Å². The number of fused-ring (bicyclic) bond motifs is 1. The van der Waals surface area contributed by atoms with Gasteiger partial charge in [-0.25, -0.2) is 0 Å². The zero-order valence-electron chi connectivity index (χ0n) is 33.1. The van der Waals surface area contributed by atoms with Gasteiger partial charge in [0.25, 0.3) is 11.8 Å². The van der Waals surface area contributed by atoms with E-state index in [0.717, 1.165) is 13.0 Å². The Morgan fingerprint density at radius 2 is 0.582 bits per heavy atom. The second-order valence-corrected chi connectivity index (χ2v) is 12.0. The number of hydrogen-bond donors (Lipinski definition) is 0. The van der Waals surface area contributed by atoms with Crippen LogP contribution in [0.25, 0.3) is 0 Å². The van der Waals surface area contributed by atoms with Crippen molar-refractivity contribution < 1.29 is 71.2 Å². The molecule has 0 fully saturated rings. The van der Waals surface area contributed by atoms with Gasteiger partial charge in [0.05, 0.1) is 183 Å². The molecule has 0 spiro atoms. The van der Waals surface area contributed by atoms with Crippen molar-refractivity contribution in [1.29, 1.82) is 0 Å². The number of hydrogen-bond acceptors (Lipinski definition) is 15. The fraction of sp³-hybridized carbons (Fsp3) is 0.795. The van der Waals surface area contributed by atoms with Crippen molar-refractivity contribution in [2.45, 2.75) is 26.2 Å². The number of ether oxygens (including phenoxy) is 13. The molecule has 0 unspecified atom stereocenters. The Hall–Kier alpha value is -2.16. The Morgan fingerprint density at radius 1 is 0.345 bits per heavy atom. The highest BCUT2D eigenvalue weighted by atomic mass is 16.6. The van der Waals surface area contributed by atoms with Gasteiger partial charge in [0.15, 0.2) is 0 Å². The van der Waals surface area contributed by atoms with E-state index in [-0.39, 0.29) is 25.0 Å². The molecule has 16 nitrogen and oxygen atoms in total. The molecule has 55 heavy (non-hydrogen) atoms. The van der Waals surface area contributed by atoms with Crippen molar-refractivity contribution in [2.75, 3.05) is 178 Å². The number of nitrogens with zero attached hydrogens (tertiary/aromatic N) is 1. The van der Waals surface area contributed by atoms with E-state index >= 15 is 0 Å². The van der Waals surface area contributed by atoms with Gasteiger partial charge in [-0.3, -0.25) is 14.5 Å². The topological polar surface area (TPSA) is 157 Å². The Morgan fingerprint density at radius 3 is 0.836 bits per heavy atom. The van der Waals surface area contributed by atoms with E-state index in [1.165, 1.54) is 17.7 Å². The number of benzene rings is 1. The van der Waals surface area contributed by atoms with Crippen LogP contribution in [0.5, 0.6) is 0 Å². The summed E-state index contributed by atoms with van der Waals surface area (Å²) in [5.41, 5.74) is 0.882. The summed E-state index contributed by atoms with van der Waals surface area (Å²) in [6.45, 7) is 15.3. The Labute approximate surface area is 327 Å². The van der Waals surface area contributed by atoms with Gasteiger partial charge in [0, 0.05) is 6.61 Å². The summed E-state index contributed by atoms with van der Waals surface area (Å²) in [5.74, 6) is -0.557. The first-order valence-corrected chi connectivity index (χ1v) is 19.7. The minimum atomic E-state index is -0.279. The predicted octanol–water partition coefficient (Wildman–Crippen LogP) is 2.69. The molecule has 0 saturated carbocycles. The molecular weight excluding hydrogens is 722 g/mol. The highest BCUT2D eigenvalue weighted by Crippen LogP contribution is 2.21. The number of unbranched alkanes of at least 4 members (excludes halogenated alkanes) is 2. The lowest BCUT2D eigenvalue weighted by Crippen LogP contribution is -2.33. The highest BCUT2D eigenvalue weighted by molar-refractivity contribution is 6.21. The van der Waals surface area contributed by atoms with Crippen molar-refractivity contribution in [2.24, 2.45) is 0 Å². The Kier molecular flexibility index (Phi) is 33.3. The van der Waals surface area contributed by atoms with Crippen LogP contribution in [-0.4, -0.2) is 195 Å². The molecule has 0 aliphatic carbocycles. The van der Waals surface area contributed by atoms with Crippen LogP contribution in [0.3, 0.4) is 0 Å². The summed E-state index contributed by atoms with van der Waals surface area (Å²) in [4.78, 5) is 25.8. The fourth-order valence-electron chi connectivity index (χ4n) is 4.79. The summed E-state index contributed by atoms with van der Waals surface area (Å²) < 4.78 is 71.3. The van der Waals surface area contributed by atoms with Crippen LogP contribution < -0.4 is 0 Å². The number of rotatable bonds is 43. The largest absolute Gasteiger partial charge is 0.379 e. The van der Waals surface area contributed by atoms with Gasteiger partial charge in [-0.2, -0.15) is 0 Å². The summed E-state index contributed by atoms with van der Waals surface area (Å²) in [6, 6.07) is 6.82. The van der Waals surface area contributed by atoms with Crippen LogP contribution in [0.4, 0.5) is 0 Å².